The van der Waals surface area contributed by atoms with Gasteiger partial charge in [0.1, 0.15) is 0 Å². The molecule has 0 fully saturated rings. The molecular weight excluding hydrogens is 308 g/mol. The molecule has 1 aromatic rings. The van der Waals surface area contributed by atoms with E-state index in [1.165, 1.54) is 0 Å². The number of anilines is 1. The number of carboxylic acid groups (broad SMARTS) is 1. The average Bonchev–Trinajstić information content (AvgIpc) is 2.31. The zero-order valence-electron chi connectivity index (χ0n) is 11.4. The minimum atomic E-state index is -3.94. The number of aromatic carboxylic acids is 1. The van der Waals surface area contributed by atoms with E-state index in [0.29, 0.717) is 12.1 Å². The van der Waals surface area contributed by atoms with Crippen LogP contribution in [0.15, 0.2) is 12.1 Å². The smallest absolute Gasteiger partial charge is 0.337 e. The van der Waals surface area contributed by atoms with Crippen molar-refractivity contribution in [2.45, 2.75) is 20.0 Å². The van der Waals surface area contributed by atoms with Crippen molar-refractivity contribution in [2.24, 2.45) is 0 Å². The van der Waals surface area contributed by atoms with E-state index in [9.17, 15) is 22.0 Å². The van der Waals surface area contributed by atoms with Gasteiger partial charge < -0.3 is 9.84 Å². The molecule has 0 spiro atoms. The van der Waals surface area contributed by atoms with E-state index in [1.807, 2.05) is 4.72 Å². The zero-order chi connectivity index (χ0) is 16.2. The molecule has 0 saturated carbocycles. The van der Waals surface area contributed by atoms with E-state index in [-0.39, 0.29) is 12.7 Å². The van der Waals surface area contributed by atoms with Gasteiger partial charge in [0.25, 0.3) is 0 Å². The number of sulfonamides is 1. The molecule has 0 unspecified atom stereocenters. The van der Waals surface area contributed by atoms with Crippen molar-refractivity contribution in [3.8, 4) is 0 Å². The molecule has 2 N–H and O–H groups in total. The Bertz CT molecular complexity index is 631. The number of benzene rings is 1. The van der Waals surface area contributed by atoms with Gasteiger partial charge in [0.05, 0.1) is 29.7 Å². The van der Waals surface area contributed by atoms with Gasteiger partial charge >= 0.3 is 5.97 Å². The summed E-state index contributed by atoms with van der Waals surface area (Å²) in [4.78, 5) is 10.9. The van der Waals surface area contributed by atoms with E-state index in [4.69, 9.17) is 9.84 Å². The molecule has 0 aliphatic heterocycles. The minimum Gasteiger partial charge on any atom is -0.478 e. The van der Waals surface area contributed by atoms with E-state index in [1.54, 1.807) is 13.8 Å². The maximum atomic E-state index is 13.1. The highest BCUT2D eigenvalue weighted by Crippen LogP contribution is 2.21. The Balaban J connectivity index is 2.96. The fourth-order valence-electron chi connectivity index (χ4n) is 1.42. The van der Waals surface area contributed by atoms with Crippen molar-refractivity contribution < 1.29 is 31.8 Å². The first kappa shape index (κ1) is 17.3. The molecular formula is C12H15F2NO5S. The molecule has 9 heteroatoms. The van der Waals surface area contributed by atoms with E-state index < -0.39 is 44.6 Å². The van der Waals surface area contributed by atoms with Crippen LogP contribution >= 0.6 is 0 Å². The lowest BCUT2D eigenvalue weighted by Crippen LogP contribution is -2.23. The van der Waals surface area contributed by atoms with E-state index >= 15 is 0 Å². The van der Waals surface area contributed by atoms with Crippen molar-refractivity contribution in [3.63, 3.8) is 0 Å². The van der Waals surface area contributed by atoms with Gasteiger partial charge in [-0.1, -0.05) is 0 Å². The third-order valence-corrected chi connectivity index (χ3v) is 3.59. The summed E-state index contributed by atoms with van der Waals surface area (Å²) in [5.74, 6) is -4.75. The molecule has 1 aromatic carbocycles. The van der Waals surface area contributed by atoms with Gasteiger partial charge in [-0.15, -0.1) is 0 Å². The van der Waals surface area contributed by atoms with Crippen LogP contribution in [-0.4, -0.2) is 38.0 Å². The molecule has 0 bridgehead atoms. The second-order valence-electron chi connectivity index (χ2n) is 4.46. The predicted octanol–water partition coefficient (Wildman–Crippen LogP) is 1.83. The average molecular weight is 323 g/mol. The number of hydrogen-bond donors (Lipinski definition) is 2. The summed E-state index contributed by atoms with van der Waals surface area (Å²) in [6.45, 7) is 3.33. The van der Waals surface area contributed by atoms with E-state index in [2.05, 4.69) is 0 Å². The molecule has 0 aliphatic carbocycles. The highest BCUT2D eigenvalue weighted by molar-refractivity contribution is 7.92. The molecule has 0 radical (unpaired) electrons. The molecule has 0 heterocycles. The van der Waals surface area contributed by atoms with Gasteiger partial charge in [-0.2, -0.15) is 0 Å². The molecule has 0 atom stereocenters. The fraction of sp³-hybridized carbons (Fsp3) is 0.417. The quantitative estimate of drug-likeness (QED) is 0.798. The largest absolute Gasteiger partial charge is 0.478 e. The van der Waals surface area contributed by atoms with Gasteiger partial charge in [-0.05, 0) is 19.9 Å². The third-order valence-electron chi connectivity index (χ3n) is 2.36. The van der Waals surface area contributed by atoms with Crippen LogP contribution in [0.3, 0.4) is 0 Å². The molecule has 0 amide bonds. The van der Waals surface area contributed by atoms with Crippen LogP contribution in [0.1, 0.15) is 24.2 Å². The predicted molar refractivity (Wildman–Crippen MR) is 71.8 cm³/mol. The van der Waals surface area contributed by atoms with Gasteiger partial charge in [-0.25, -0.2) is 22.0 Å². The van der Waals surface area contributed by atoms with Crippen LogP contribution in [0.5, 0.6) is 0 Å². The van der Waals surface area contributed by atoms with E-state index in [0.717, 1.165) is 0 Å². The van der Waals surface area contributed by atoms with Crippen molar-refractivity contribution in [1.29, 1.82) is 0 Å². The first-order valence-corrected chi connectivity index (χ1v) is 7.62. The van der Waals surface area contributed by atoms with Crippen LogP contribution in [0, 0.1) is 11.6 Å². The molecule has 0 aliphatic rings. The number of hydrogen-bond acceptors (Lipinski definition) is 4. The molecule has 1 rings (SSSR count). The maximum absolute atomic E-state index is 13.1. The van der Waals surface area contributed by atoms with Crippen LogP contribution in [-0.2, 0) is 14.8 Å². The molecule has 21 heavy (non-hydrogen) atoms. The number of carbonyl (C=O) groups is 1. The van der Waals surface area contributed by atoms with Crippen molar-refractivity contribution in [2.75, 3.05) is 17.1 Å². The highest BCUT2D eigenvalue weighted by Gasteiger charge is 2.19. The third kappa shape index (κ3) is 5.27. The lowest BCUT2D eigenvalue weighted by Gasteiger charge is -2.12. The van der Waals surface area contributed by atoms with Crippen LogP contribution in [0.2, 0.25) is 0 Å². The highest BCUT2D eigenvalue weighted by atomic mass is 32.2. The summed E-state index contributed by atoms with van der Waals surface area (Å²) in [5.41, 5.74) is -1.21. The molecule has 0 aromatic heterocycles. The molecule has 118 valence electrons. The summed E-state index contributed by atoms with van der Waals surface area (Å²) >= 11 is 0. The second kappa shape index (κ2) is 6.81. The fourth-order valence-corrected chi connectivity index (χ4v) is 2.34. The Morgan fingerprint density at radius 1 is 1.33 bits per heavy atom. The lowest BCUT2D eigenvalue weighted by molar-refractivity contribution is 0.0697. The minimum absolute atomic E-state index is 0.112. The van der Waals surface area contributed by atoms with Crippen LogP contribution in [0.4, 0.5) is 14.5 Å². The first-order valence-electron chi connectivity index (χ1n) is 5.97. The SMILES string of the molecule is CC(C)OCCS(=O)(=O)Nc1cc(F)c(F)cc1C(=O)O. The monoisotopic (exact) mass is 323 g/mol. The Kier molecular flexibility index (Phi) is 5.62. The van der Waals surface area contributed by atoms with Crippen molar-refractivity contribution in [1.82, 2.24) is 0 Å². The Morgan fingerprint density at radius 3 is 2.43 bits per heavy atom. The normalized spacial score (nSPS) is 11.7. The number of nitrogens with one attached hydrogen (secondary N) is 1. The van der Waals surface area contributed by atoms with Crippen molar-refractivity contribution in [3.05, 3.63) is 29.3 Å². The lowest BCUT2D eigenvalue weighted by atomic mass is 10.2. The zero-order valence-corrected chi connectivity index (χ0v) is 12.2. The number of ether oxygens (including phenoxy) is 1. The summed E-state index contributed by atoms with van der Waals surface area (Å²) in [6.07, 6.45) is -0.168. The number of rotatable bonds is 7. The standard InChI is InChI=1S/C12H15F2NO5S/c1-7(2)20-3-4-21(18,19)15-11-6-10(14)9(13)5-8(11)12(16)17/h5-7,15H,3-4H2,1-2H3,(H,16,17). The Labute approximate surface area is 120 Å². The second-order valence-corrected chi connectivity index (χ2v) is 6.30. The first-order chi connectivity index (χ1) is 9.62. The van der Waals surface area contributed by atoms with Gasteiger partial charge in [-0.3, -0.25) is 4.72 Å². The van der Waals surface area contributed by atoms with Gasteiger partial charge in [0.15, 0.2) is 11.6 Å². The Morgan fingerprint density at radius 2 is 1.90 bits per heavy atom. The summed E-state index contributed by atoms with van der Waals surface area (Å²) in [6, 6.07) is 0.903. The molecule has 6 nitrogen and oxygen atoms in total. The number of halogens is 2. The topological polar surface area (TPSA) is 92.7 Å². The summed E-state index contributed by atoms with van der Waals surface area (Å²) in [7, 11) is -3.94. The summed E-state index contributed by atoms with van der Waals surface area (Å²) < 4.78 is 56.6. The van der Waals surface area contributed by atoms with Gasteiger partial charge in [0, 0.05) is 6.07 Å². The molecule has 0 saturated heterocycles. The number of carboxylic acids is 1. The van der Waals surface area contributed by atoms with Crippen LogP contribution in [0.25, 0.3) is 0 Å². The van der Waals surface area contributed by atoms with Crippen molar-refractivity contribution >= 4 is 21.7 Å². The Hall–Kier alpha value is -1.74. The van der Waals surface area contributed by atoms with Crippen LogP contribution < -0.4 is 4.72 Å². The maximum Gasteiger partial charge on any atom is 0.337 e. The van der Waals surface area contributed by atoms with Gasteiger partial charge in [0.2, 0.25) is 10.0 Å². The summed E-state index contributed by atoms with van der Waals surface area (Å²) in [5, 5.41) is 8.88.